The van der Waals surface area contributed by atoms with E-state index >= 15 is 0 Å². The van der Waals surface area contributed by atoms with Gasteiger partial charge in [-0.25, -0.2) is 0 Å². The highest BCUT2D eigenvalue weighted by atomic mass is 16.5. The second kappa shape index (κ2) is 5.01. The SMILES string of the molecule is CC(C)n1cc(OCc2cc(CN)no2)cn1. The third-order valence-electron chi connectivity index (χ3n) is 2.30. The molecule has 0 aromatic carbocycles. The van der Waals surface area contributed by atoms with E-state index in [0.717, 1.165) is 5.69 Å². The first-order chi connectivity index (χ1) is 8.19. The van der Waals surface area contributed by atoms with Crippen LogP contribution >= 0.6 is 0 Å². The van der Waals surface area contributed by atoms with Gasteiger partial charge in [-0.3, -0.25) is 4.68 Å². The Hall–Kier alpha value is -1.82. The van der Waals surface area contributed by atoms with E-state index in [1.165, 1.54) is 0 Å². The predicted molar refractivity (Wildman–Crippen MR) is 61.3 cm³/mol. The van der Waals surface area contributed by atoms with Crippen molar-refractivity contribution in [3.63, 3.8) is 0 Å². The second-order valence-electron chi connectivity index (χ2n) is 4.03. The summed E-state index contributed by atoms with van der Waals surface area (Å²) in [5.41, 5.74) is 6.15. The van der Waals surface area contributed by atoms with E-state index in [4.69, 9.17) is 15.0 Å². The van der Waals surface area contributed by atoms with Crippen LogP contribution in [0.1, 0.15) is 31.3 Å². The smallest absolute Gasteiger partial charge is 0.174 e. The molecule has 0 radical (unpaired) electrons. The number of aromatic nitrogens is 3. The maximum absolute atomic E-state index is 5.52. The topological polar surface area (TPSA) is 79.1 Å². The minimum Gasteiger partial charge on any atom is -0.482 e. The van der Waals surface area contributed by atoms with E-state index in [1.54, 1.807) is 12.3 Å². The zero-order chi connectivity index (χ0) is 12.3. The Kier molecular flexibility index (Phi) is 3.43. The second-order valence-corrected chi connectivity index (χ2v) is 4.03. The summed E-state index contributed by atoms with van der Waals surface area (Å²) in [6.45, 7) is 4.81. The monoisotopic (exact) mass is 236 g/mol. The zero-order valence-corrected chi connectivity index (χ0v) is 9.96. The normalized spacial score (nSPS) is 11.1. The average molecular weight is 236 g/mol. The van der Waals surface area contributed by atoms with Crippen molar-refractivity contribution in [1.82, 2.24) is 14.9 Å². The minimum atomic E-state index is 0.321. The fourth-order valence-corrected chi connectivity index (χ4v) is 1.35. The summed E-state index contributed by atoms with van der Waals surface area (Å²) in [5, 5.41) is 7.95. The number of hydrogen-bond donors (Lipinski definition) is 1. The van der Waals surface area contributed by atoms with Crippen molar-refractivity contribution in [1.29, 1.82) is 0 Å². The summed E-state index contributed by atoms with van der Waals surface area (Å²) in [5.74, 6) is 1.37. The van der Waals surface area contributed by atoms with Crippen LogP contribution in [0.3, 0.4) is 0 Å². The van der Waals surface area contributed by atoms with Gasteiger partial charge in [0.25, 0.3) is 0 Å². The van der Waals surface area contributed by atoms with Crippen molar-refractivity contribution in [2.24, 2.45) is 5.73 Å². The lowest BCUT2D eigenvalue weighted by atomic mass is 10.4. The molecule has 92 valence electrons. The first kappa shape index (κ1) is 11.7. The lowest BCUT2D eigenvalue weighted by Gasteiger charge is -2.03. The molecule has 17 heavy (non-hydrogen) atoms. The van der Waals surface area contributed by atoms with Gasteiger partial charge in [-0.1, -0.05) is 5.16 Å². The van der Waals surface area contributed by atoms with Crippen LogP contribution in [0.5, 0.6) is 5.75 Å². The summed E-state index contributed by atoms with van der Waals surface area (Å²) in [4.78, 5) is 0. The van der Waals surface area contributed by atoms with Crippen LogP contribution in [0, 0.1) is 0 Å². The van der Waals surface area contributed by atoms with Crippen LogP contribution < -0.4 is 10.5 Å². The molecule has 0 saturated carbocycles. The van der Waals surface area contributed by atoms with Crippen molar-refractivity contribution in [2.45, 2.75) is 33.0 Å². The van der Waals surface area contributed by atoms with Gasteiger partial charge in [-0.2, -0.15) is 5.10 Å². The van der Waals surface area contributed by atoms with Crippen LogP contribution in [0.2, 0.25) is 0 Å². The average Bonchev–Trinajstić information content (AvgIpc) is 2.95. The Balaban J connectivity index is 1.92. The van der Waals surface area contributed by atoms with Crippen LogP contribution in [0.15, 0.2) is 23.0 Å². The van der Waals surface area contributed by atoms with E-state index in [0.29, 0.717) is 30.7 Å². The summed E-state index contributed by atoms with van der Waals surface area (Å²) in [6, 6.07) is 2.11. The van der Waals surface area contributed by atoms with Crippen LogP contribution in [0.25, 0.3) is 0 Å². The molecule has 0 spiro atoms. The molecule has 0 aliphatic carbocycles. The van der Waals surface area contributed by atoms with Gasteiger partial charge in [0.05, 0.1) is 18.1 Å². The van der Waals surface area contributed by atoms with Gasteiger partial charge in [0.15, 0.2) is 11.5 Å². The molecule has 6 nitrogen and oxygen atoms in total. The molecule has 0 fully saturated rings. The maximum Gasteiger partial charge on any atom is 0.174 e. The van der Waals surface area contributed by atoms with E-state index in [-0.39, 0.29) is 0 Å². The maximum atomic E-state index is 5.52. The van der Waals surface area contributed by atoms with Gasteiger partial charge in [-0.05, 0) is 13.8 Å². The van der Waals surface area contributed by atoms with Crippen molar-refractivity contribution in [3.05, 3.63) is 29.9 Å². The van der Waals surface area contributed by atoms with E-state index in [9.17, 15) is 0 Å². The number of nitrogens with zero attached hydrogens (tertiary/aromatic N) is 3. The number of hydrogen-bond acceptors (Lipinski definition) is 5. The van der Waals surface area contributed by atoms with E-state index < -0.39 is 0 Å². The molecule has 2 aromatic heterocycles. The zero-order valence-electron chi connectivity index (χ0n) is 9.96. The van der Waals surface area contributed by atoms with Gasteiger partial charge in [0.1, 0.15) is 6.61 Å². The van der Waals surface area contributed by atoms with Gasteiger partial charge < -0.3 is 15.0 Å². The first-order valence-corrected chi connectivity index (χ1v) is 5.50. The highest BCUT2D eigenvalue weighted by Crippen LogP contribution is 2.14. The summed E-state index contributed by atoms with van der Waals surface area (Å²) in [6.07, 6.45) is 3.53. The summed E-state index contributed by atoms with van der Waals surface area (Å²) in [7, 11) is 0. The van der Waals surface area contributed by atoms with E-state index in [1.807, 2.05) is 10.9 Å². The quantitative estimate of drug-likeness (QED) is 0.850. The highest BCUT2D eigenvalue weighted by molar-refractivity contribution is 5.13. The molecule has 2 N–H and O–H groups in total. The van der Waals surface area contributed by atoms with Gasteiger partial charge in [0, 0.05) is 18.7 Å². The molecule has 0 saturated heterocycles. The molecule has 2 rings (SSSR count). The van der Waals surface area contributed by atoms with Gasteiger partial charge >= 0.3 is 0 Å². The summed E-state index contributed by atoms with van der Waals surface area (Å²) >= 11 is 0. The van der Waals surface area contributed by atoms with Crippen LogP contribution in [-0.4, -0.2) is 14.9 Å². The molecule has 0 aliphatic heterocycles. The Morgan fingerprint density at radius 1 is 1.53 bits per heavy atom. The first-order valence-electron chi connectivity index (χ1n) is 5.50. The Labute approximate surface area is 99.3 Å². The van der Waals surface area contributed by atoms with Gasteiger partial charge in [-0.15, -0.1) is 0 Å². The molecule has 0 bridgehead atoms. The highest BCUT2D eigenvalue weighted by Gasteiger charge is 2.06. The standard InChI is InChI=1S/C11H16N4O2/c1-8(2)15-6-11(5-13-15)16-7-10-3-9(4-12)14-17-10/h3,5-6,8H,4,7,12H2,1-2H3. The fraction of sp³-hybridized carbons (Fsp3) is 0.455. The molecule has 0 atom stereocenters. The fourth-order valence-electron chi connectivity index (χ4n) is 1.35. The third-order valence-corrected chi connectivity index (χ3v) is 2.30. The number of rotatable bonds is 5. The van der Waals surface area contributed by atoms with E-state index in [2.05, 4.69) is 24.1 Å². The van der Waals surface area contributed by atoms with Crippen LogP contribution in [0.4, 0.5) is 0 Å². The molecule has 0 aliphatic rings. The van der Waals surface area contributed by atoms with Crippen LogP contribution in [-0.2, 0) is 13.2 Å². The molecular weight excluding hydrogens is 220 g/mol. The Bertz CT molecular complexity index is 475. The van der Waals surface area contributed by atoms with Crippen molar-refractivity contribution < 1.29 is 9.26 Å². The molecule has 6 heteroatoms. The largest absolute Gasteiger partial charge is 0.482 e. The minimum absolute atomic E-state index is 0.321. The number of ether oxygens (including phenoxy) is 1. The lowest BCUT2D eigenvalue weighted by Crippen LogP contribution is -2.00. The van der Waals surface area contributed by atoms with Crippen molar-refractivity contribution >= 4 is 0 Å². The molecule has 0 unspecified atom stereocenters. The van der Waals surface area contributed by atoms with Crippen molar-refractivity contribution in [3.8, 4) is 5.75 Å². The van der Waals surface area contributed by atoms with Gasteiger partial charge in [0.2, 0.25) is 0 Å². The Morgan fingerprint density at radius 2 is 2.35 bits per heavy atom. The van der Waals surface area contributed by atoms with Crippen molar-refractivity contribution in [2.75, 3.05) is 0 Å². The molecule has 2 aromatic rings. The number of nitrogens with two attached hydrogens (primary N) is 1. The molecule has 0 amide bonds. The Morgan fingerprint density at radius 3 is 2.94 bits per heavy atom. The predicted octanol–water partition coefficient (Wildman–Crippen LogP) is 1.49. The lowest BCUT2D eigenvalue weighted by molar-refractivity contribution is 0.248. The third kappa shape index (κ3) is 2.85. The molecular formula is C11H16N4O2. The summed E-state index contributed by atoms with van der Waals surface area (Å²) < 4.78 is 12.4. The molecule has 2 heterocycles.